The van der Waals surface area contributed by atoms with Crippen LogP contribution in [-0.2, 0) is 6.42 Å². The van der Waals surface area contributed by atoms with Gasteiger partial charge < -0.3 is 4.74 Å². The molecule has 3 nitrogen and oxygen atoms in total. The molecule has 0 heterocycles. The average molecular weight is 283 g/mol. The fourth-order valence-corrected chi connectivity index (χ4v) is 2.25. The molecule has 2 aromatic carbocycles. The number of ether oxygens (including phenoxy) is 1. The van der Waals surface area contributed by atoms with Gasteiger partial charge in [-0.25, -0.2) is 0 Å². The van der Waals surface area contributed by atoms with Crippen LogP contribution in [0.3, 0.4) is 0 Å². The highest BCUT2D eigenvalue weighted by Crippen LogP contribution is 2.18. The van der Waals surface area contributed by atoms with Gasteiger partial charge in [0.25, 0.3) is 0 Å². The van der Waals surface area contributed by atoms with E-state index in [-0.39, 0.29) is 5.78 Å². The number of carbonyl (C=O) groups excluding carboxylic acids is 1. The number of methoxy groups -OCH3 is 1. The van der Waals surface area contributed by atoms with Crippen molar-refractivity contribution in [2.45, 2.75) is 6.42 Å². The van der Waals surface area contributed by atoms with E-state index in [0.29, 0.717) is 17.9 Å². The lowest BCUT2D eigenvalue weighted by Crippen LogP contribution is -2.28. The third kappa shape index (κ3) is 4.43. The highest BCUT2D eigenvalue weighted by atomic mass is 16.5. The molecule has 0 N–H and O–H groups in total. The van der Waals surface area contributed by atoms with E-state index < -0.39 is 0 Å². The summed E-state index contributed by atoms with van der Waals surface area (Å²) in [6.07, 6.45) is 0.941. The molecule has 0 amide bonds. The highest BCUT2D eigenvalue weighted by molar-refractivity contribution is 6.00. The minimum atomic E-state index is 0.0861. The number of ketones is 1. The van der Waals surface area contributed by atoms with Gasteiger partial charge in [-0.1, -0.05) is 42.5 Å². The van der Waals surface area contributed by atoms with Gasteiger partial charge in [0.1, 0.15) is 5.75 Å². The Morgan fingerprint density at radius 2 is 1.71 bits per heavy atom. The zero-order valence-corrected chi connectivity index (χ0v) is 12.6. The van der Waals surface area contributed by atoms with Gasteiger partial charge in [0.05, 0.1) is 19.2 Å². The number of nitrogens with zero attached hydrogens (tertiary/aromatic N) is 1. The summed E-state index contributed by atoms with van der Waals surface area (Å²) in [6.45, 7) is 1.25. The number of carbonyl (C=O) groups is 1. The topological polar surface area (TPSA) is 29.5 Å². The number of rotatable bonds is 7. The Bertz CT molecular complexity index is 581. The van der Waals surface area contributed by atoms with Crippen LogP contribution in [0.4, 0.5) is 0 Å². The average Bonchev–Trinajstić information content (AvgIpc) is 2.53. The van der Waals surface area contributed by atoms with Crippen molar-refractivity contribution in [3.05, 3.63) is 65.7 Å². The SMILES string of the molecule is COc1ccccc1C(=O)CN(C)CCc1ccccc1. The molecule has 0 unspecified atom stereocenters. The monoisotopic (exact) mass is 283 g/mol. The molecule has 110 valence electrons. The Morgan fingerprint density at radius 3 is 2.43 bits per heavy atom. The van der Waals surface area contributed by atoms with E-state index in [0.717, 1.165) is 13.0 Å². The summed E-state index contributed by atoms with van der Waals surface area (Å²) in [7, 11) is 3.56. The van der Waals surface area contributed by atoms with E-state index in [2.05, 4.69) is 12.1 Å². The first-order chi connectivity index (χ1) is 10.2. The first-order valence-corrected chi connectivity index (χ1v) is 7.09. The smallest absolute Gasteiger partial charge is 0.180 e. The largest absolute Gasteiger partial charge is 0.496 e. The van der Waals surface area contributed by atoms with Crippen LogP contribution >= 0.6 is 0 Å². The van der Waals surface area contributed by atoms with Crippen LogP contribution in [0.1, 0.15) is 15.9 Å². The molecule has 0 atom stereocenters. The quantitative estimate of drug-likeness (QED) is 0.731. The van der Waals surface area contributed by atoms with Crippen molar-refractivity contribution in [2.24, 2.45) is 0 Å². The maximum Gasteiger partial charge on any atom is 0.180 e. The predicted octanol–water partition coefficient (Wildman–Crippen LogP) is 3.05. The third-order valence-electron chi connectivity index (χ3n) is 3.45. The predicted molar refractivity (Wildman–Crippen MR) is 85.0 cm³/mol. The molecule has 0 saturated heterocycles. The minimum Gasteiger partial charge on any atom is -0.496 e. The fourth-order valence-electron chi connectivity index (χ4n) is 2.25. The van der Waals surface area contributed by atoms with Gasteiger partial charge in [-0.05, 0) is 31.2 Å². The Hall–Kier alpha value is -2.13. The molecule has 0 spiro atoms. The van der Waals surface area contributed by atoms with Gasteiger partial charge in [0.15, 0.2) is 5.78 Å². The molecule has 0 radical (unpaired) electrons. The second kappa shape index (κ2) is 7.60. The van der Waals surface area contributed by atoms with Gasteiger partial charge in [-0.3, -0.25) is 9.69 Å². The second-order valence-electron chi connectivity index (χ2n) is 5.10. The van der Waals surface area contributed by atoms with E-state index in [9.17, 15) is 4.79 Å². The van der Waals surface area contributed by atoms with Crippen LogP contribution in [-0.4, -0.2) is 37.9 Å². The lowest BCUT2D eigenvalue weighted by molar-refractivity contribution is 0.0944. The molecular weight excluding hydrogens is 262 g/mol. The summed E-state index contributed by atoms with van der Waals surface area (Å²) in [4.78, 5) is 14.4. The molecule has 0 aliphatic carbocycles. The van der Waals surface area contributed by atoms with E-state index in [4.69, 9.17) is 4.74 Å². The van der Waals surface area contributed by atoms with Crippen molar-refractivity contribution < 1.29 is 9.53 Å². The van der Waals surface area contributed by atoms with Crippen LogP contribution in [0.5, 0.6) is 5.75 Å². The zero-order chi connectivity index (χ0) is 15.1. The number of hydrogen-bond acceptors (Lipinski definition) is 3. The number of Topliss-reactive ketones (excluding diaryl/α,β-unsaturated/α-hetero) is 1. The standard InChI is InChI=1S/C18H21NO2/c1-19(13-12-15-8-4-3-5-9-15)14-17(20)16-10-6-7-11-18(16)21-2/h3-11H,12-14H2,1-2H3. The highest BCUT2D eigenvalue weighted by Gasteiger charge is 2.13. The van der Waals surface area contributed by atoms with Gasteiger partial charge in [0, 0.05) is 6.54 Å². The molecule has 0 saturated carbocycles. The van der Waals surface area contributed by atoms with Crippen LogP contribution < -0.4 is 4.74 Å². The molecule has 0 aromatic heterocycles. The minimum absolute atomic E-state index is 0.0861. The lowest BCUT2D eigenvalue weighted by Gasteiger charge is -2.16. The van der Waals surface area contributed by atoms with E-state index >= 15 is 0 Å². The van der Waals surface area contributed by atoms with E-state index in [1.807, 2.05) is 54.4 Å². The lowest BCUT2D eigenvalue weighted by atomic mass is 10.1. The third-order valence-corrected chi connectivity index (χ3v) is 3.45. The maximum absolute atomic E-state index is 12.3. The van der Waals surface area contributed by atoms with Gasteiger partial charge >= 0.3 is 0 Å². The Kier molecular flexibility index (Phi) is 5.52. The molecule has 2 aromatic rings. The summed E-state index contributed by atoms with van der Waals surface area (Å²) in [6, 6.07) is 17.7. The summed E-state index contributed by atoms with van der Waals surface area (Å²) in [5, 5.41) is 0. The van der Waals surface area contributed by atoms with Gasteiger partial charge in [-0.15, -0.1) is 0 Å². The van der Waals surface area contributed by atoms with Gasteiger partial charge in [0.2, 0.25) is 0 Å². The number of likely N-dealkylation sites (N-methyl/N-ethyl adjacent to an activating group) is 1. The van der Waals surface area contributed by atoms with Crippen molar-refractivity contribution >= 4 is 5.78 Å². The van der Waals surface area contributed by atoms with E-state index in [1.165, 1.54) is 5.56 Å². The number of hydrogen-bond donors (Lipinski definition) is 0. The van der Waals surface area contributed by atoms with Crippen molar-refractivity contribution in [3.8, 4) is 5.75 Å². The van der Waals surface area contributed by atoms with Crippen molar-refractivity contribution in [1.29, 1.82) is 0 Å². The summed E-state index contributed by atoms with van der Waals surface area (Å²) < 4.78 is 5.24. The van der Waals surface area contributed by atoms with Crippen LogP contribution in [0.15, 0.2) is 54.6 Å². The van der Waals surface area contributed by atoms with Crippen molar-refractivity contribution in [1.82, 2.24) is 4.90 Å². The zero-order valence-electron chi connectivity index (χ0n) is 12.6. The normalized spacial score (nSPS) is 10.6. The van der Waals surface area contributed by atoms with Crippen LogP contribution in [0.2, 0.25) is 0 Å². The molecule has 0 fully saturated rings. The van der Waals surface area contributed by atoms with Gasteiger partial charge in [-0.2, -0.15) is 0 Å². The van der Waals surface area contributed by atoms with Crippen LogP contribution in [0.25, 0.3) is 0 Å². The Morgan fingerprint density at radius 1 is 1.05 bits per heavy atom. The van der Waals surface area contributed by atoms with Crippen LogP contribution in [0, 0.1) is 0 Å². The Labute approximate surface area is 126 Å². The molecule has 0 bridgehead atoms. The summed E-state index contributed by atoms with van der Waals surface area (Å²) >= 11 is 0. The maximum atomic E-state index is 12.3. The molecular formula is C18H21NO2. The first kappa shape index (κ1) is 15.3. The molecule has 21 heavy (non-hydrogen) atoms. The molecule has 0 aliphatic heterocycles. The fraction of sp³-hybridized carbons (Fsp3) is 0.278. The molecule has 0 aliphatic rings. The van der Waals surface area contributed by atoms with Crippen molar-refractivity contribution in [3.63, 3.8) is 0 Å². The molecule has 2 rings (SSSR count). The first-order valence-electron chi connectivity index (χ1n) is 7.09. The second-order valence-corrected chi connectivity index (χ2v) is 5.10. The summed E-state index contributed by atoms with van der Waals surface area (Å²) in [5.74, 6) is 0.724. The summed E-state index contributed by atoms with van der Waals surface area (Å²) in [5.41, 5.74) is 1.93. The molecule has 3 heteroatoms. The number of para-hydroxylation sites is 1. The van der Waals surface area contributed by atoms with E-state index in [1.54, 1.807) is 7.11 Å². The Balaban J connectivity index is 1.90. The van der Waals surface area contributed by atoms with Crippen molar-refractivity contribution in [2.75, 3.05) is 27.2 Å². The number of benzene rings is 2.